The van der Waals surface area contributed by atoms with Crippen LogP contribution < -0.4 is 16.2 Å². The molecule has 0 radical (unpaired) electrons. The lowest BCUT2D eigenvalue weighted by Crippen LogP contribution is -2.40. The van der Waals surface area contributed by atoms with E-state index in [-0.39, 0.29) is 67.4 Å². The van der Waals surface area contributed by atoms with Gasteiger partial charge in [0, 0.05) is 54.6 Å². The zero-order chi connectivity index (χ0) is 39.4. The van der Waals surface area contributed by atoms with E-state index in [1.54, 1.807) is 12.1 Å². The summed E-state index contributed by atoms with van der Waals surface area (Å²) in [7, 11) is -4.62. The number of phenolic OH excluding ortho intramolecular Hbond substituents is 1. The number of aryl methyl sites for hydroxylation is 1. The molecule has 56 heavy (non-hydrogen) atoms. The summed E-state index contributed by atoms with van der Waals surface area (Å²) in [4.78, 5) is 4.68. The molecule has 10 atom stereocenters. The van der Waals surface area contributed by atoms with Gasteiger partial charge in [-0.25, -0.2) is 4.99 Å². The summed E-state index contributed by atoms with van der Waals surface area (Å²) in [6, 6.07) is 18.7. The van der Waals surface area contributed by atoms with Gasteiger partial charge in [-0.05, 0) is 109 Å². The van der Waals surface area contributed by atoms with Gasteiger partial charge in [0.2, 0.25) is 5.72 Å². The van der Waals surface area contributed by atoms with E-state index in [0.29, 0.717) is 42.6 Å². The molecule has 0 aromatic heterocycles. The van der Waals surface area contributed by atoms with Gasteiger partial charge >= 0.3 is 0 Å². The first-order chi connectivity index (χ1) is 26.9. The van der Waals surface area contributed by atoms with Gasteiger partial charge in [-0.15, -0.1) is 0 Å². The lowest BCUT2D eigenvalue weighted by atomic mass is 9.64. The van der Waals surface area contributed by atoms with Crippen molar-refractivity contribution in [1.82, 2.24) is 0 Å². The zero-order valence-electron chi connectivity index (χ0n) is 31.6. The predicted molar refractivity (Wildman–Crippen MR) is 212 cm³/mol. The molecule has 5 aliphatic heterocycles. The lowest BCUT2D eigenvalue weighted by molar-refractivity contribution is -0.0416. The molecule has 8 N–H and O–H groups in total. The second-order valence-electron chi connectivity index (χ2n) is 16.5. The van der Waals surface area contributed by atoms with Gasteiger partial charge in [-0.1, -0.05) is 61.2 Å². The number of ether oxygens (including phenoxy) is 2. The van der Waals surface area contributed by atoms with Crippen molar-refractivity contribution in [2.24, 2.45) is 40.1 Å². The summed E-state index contributed by atoms with van der Waals surface area (Å²) in [6.45, 7) is 1.91. The Hall–Kier alpha value is -4.38. The third-order valence-electron chi connectivity index (χ3n) is 13.1. The van der Waals surface area contributed by atoms with Crippen LogP contribution in [-0.2, 0) is 27.0 Å². The van der Waals surface area contributed by atoms with Gasteiger partial charge < -0.3 is 36.3 Å². The number of fused-ring (bicyclic) bond motifs is 9. The van der Waals surface area contributed by atoms with Gasteiger partial charge in [-0.2, -0.15) is 8.42 Å². The van der Waals surface area contributed by atoms with Crippen molar-refractivity contribution < 1.29 is 37.8 Å². The molecule has 296 valence electrons. The average Bonchev–Trinajstić information content (AvgIpc) is 3.25. The van der Waals surface area contributed by atoms with Crippen LogP contribution in [0.1, 0.15) is 103 Å². The molecule has 1 saturated heterocycles. The fourth-order valence-electron chi connectivity index (χ4n) is 10.4. The van der Waals surface area contributed by atoms with Crippen LogP contribution >= 0.6 is 0 Å². The Morgan fingerprint density at radius 1 is 1.04 bits per heavy atom. The fourth-order valence-corrected chi connectivity index (χ4v) is 11.5. The van der Waals surface area contributed by atoms with E-state index >= 15 is 0 Å². The maximum atomic E-state index is 14.0. The number of rotatable bonds is 6. The number of aliphatic hydroxyl groups is 2. The van der Waals surface area contributed by atoms with Gasteiger partial charge in [0.1, 0.15) is 17.6 Å². The lowest BCUT2D eigenvalue weighted by Gasteiger charge is -2.42. The normalized spacial score (nSPS) is 31.9. The number of aliphatic hydroxyl groups excluding tert-OH is 2. The van der Waals surface area contributed by atoms with Gasteiger partial charge in [-0.3, -0.25) is 4.55 Å². The molecule has 10 rings (SSSR count). The van der Waals surface area contributed by atoms with Gasteiger partial charge in [0.05, 0.1) is 11.4 Å². The van der Waals surface area contributed by atoms with Crippen LogP contribution in [0.4, 0.5) is 0 Å². The minimum absolute atomic E-state index is 0.0769. The number of allylic oxidation sites excluding steroid dienone is 1. The third-order valence-corrected chi connectivity index (χ3v) is 14.3. The maximum absolute atomic E-state index is 14.0. The highest BCUT2D eigenvalue weighted by Crippen LogP contribution is 2.55. The van der Waals surface area contributed by atoms with Gasteiger partial charge in [0.15, 0.2) is 5.96 Å². The first-order valence-electron chi connectivity index (χ1n) is 19.8. The number of hydrogen-bond acceptors (Lipinski definition) is 8. The first kappa shape index (κ1) is 38.5. The highest BCUT2D eigenvalue weighted by molar-refractivity contribution is 7.86. The monoisotopic (exact) mass is 781 g/mol. The van der Waals surface area contributed by atoms with Crippen molar-refractivity contribution in [3.05, 3.63) is 106 Å². The van der Waals surface area contributed by atoms with E-state index in [0.717, 1.165) is 40.7 Å². The van der Waals surface area contributed by atoms with Crippen LogP contribution in [0.3, 0.4) is 0 Å². The van der Waals surface area contributed by atoms with Crippen LogP contribution in [0.5, 0.6) is 11.5 Å². The Labute approximate surface area is 328 Å². The molecule has 10 bridgehead atoms. The second kappa shape index (κ2) is 15.2. The average molecular weight is 782 g/mol. The number of phenols is 1. The Kier molecular flexibility index (Phi) is 10.4. The molecule has 3 aromatic carbocycles. The molecule has 0 spiro atoms. The minimum Gasteiger partial charge on any atom is -0.508 e. The van der Waals surface area contributed by atoms with Crippen LogP contribution in [0, 0.1) is 35.5 Å². The summed E-state index contributed by atoms with van der Waals surface area (Å²) >= 11 is 0. The minimum atomic E-state index is -4.62. The third kappa shape index (κ3) is 7.20. The molecule has 0 saturated carbocycles. The molecule has 5 heterocycles. The number of nitrogens with zero attached hydrogens (tertiary/aromatic N) is 1. The van der Waals surface area contributed by atoms with E-state index < -0.39 is 39.2 Å². The van der Waals surface area contributed by atoms with Crippen LogP contribution in [-0.4, -0.2) is 58.8 Å². The fraction of sp³-hybridized carbons (Fsp3) is 0.477. The summed E-state index contributed by atoms with van der Waals surface area (Å²) < 4.78 is 53.1. The Bertz CT molecular complexity index is 2210. The maximum Gasteiger partial charge on any atom is 0.268 e. The second-order valence-corrected chi connectivity index (χ2v) is 18.1. The summed E-state index contributed by atoms with van der Waals surface area (Å²) in [6.07, 6.45) is 4.99. The van der Waals surface area contributed by atoms with Crippen molar-refractivity contribution >= 4 is 16.1 Å². The number of hydrogen-bond donors (Lipinski definition) is 6. The molecule has 1 unspecified atom stereocenters. The molecule has 7 aliphatic rings. The van der Waals surface area contributed by atoms with E-state index in [9.17, 15) is 28.3 Å². The van der Waals surface area contributed by atoms with E-state index in [1.807, 2.05) is 54.6 Å². The van der Waals surface area contributed by atoms with Crippen molar-refractivity contribution in [3.8, 4) is 23.3 Å². The largest absolute Gasteiger partial charge is 0.508 e. The summed E-state index contributed by atoms with van der Waals surface area (Å²) in [5, 5.41) is 30.0. The molecular formula is C44H51N3O8S. The van der Waals surface area contributed by atoms with Crippen molar-refractivity contribution in [2.45, 2.75) is 93.3 Å². The van der Waals surface area contributed by atoms with E-state index in [2.05, 4.69) is 23.8 Å². The number of benzene rings is 3. The van der Waals surface area contributed by atoms with E-state index in [4.69, 9.17) is 20.9 Å². The predicted octanol–water partition coefficient (Wildman–Crippen LogP) is 5.54. The standard InChI is InChI=1S/C44H51N3O8S/c1-25-6-7-28-20-34-13-15-35(28)37(25)23-40(56(51,52)53)38-21-31-18-30(22-39-29(24-49)5-2-4-27-19-33(50)12-14-36(27)42(31)54-39)41(38)26-8-10-32(11-9-26)44(55-34,16-3-17-48)47-43(45)46/h8-15,19-21,25,29-30,37-42,48-50H,3,5-7,16-18,22-24H2,1H3,(H4,45,46,47)(H,51,52,53)/t25-,29+,30+,37-,38+,39?,40+,41-,42+,44-/m0/s1. The van der Waals surface area contributed by atoms with Crippen molar-refractivity contribution in [1.29, 1.82) is 0 Å². The number of guanidine groups is 1. The molecule has 12 heteroatoms. The summed E-state index contributed by atoms with van der Waals surface area (Å²) in [5.74, 6) is 5.42. The molecule has 2 aliphatic carbocycles. The molecule has 3 aromatic rings. The Balaban J connectivity index is 1.37. The molecule has 11 nitrogen and oxygen atoms in total. The number of nitrogens with two attached hydrogens (primary N) is 2. The Morgan fingerprint density at radius 3 is 2.55 bits per heavy atom. The first-order valence-corrected chi connectivity index (χ1v) is 21.3. The Morgan fingerprint density at radius 2 is 1.82 bits per heavy atom. The quantitative estimate of drug-likeness (QED) is 0.0608. The summed E-state index contributed by atoms with van der Waals surface area (Å²) in [5.41, 5.74) is 16.7. The van der Waals surface area contributed by atoms with Crippen LogP contribution in [0.15, 0.2) is 77.3 Å². The SMILES string of the molecule is C[C@H]1CCc2cc3ccc2[C@H]1C[C@@H](S(=O)(=O)O)[C@H]1C=C2C[C@H](CC4O[C@H]2c2ccc(O)cc2C#CC[C@@H]4CO)[C@@H]1c1ccc(cc1)[C@@](CCCO)(N=C(N)N)O3. The number of aliphatic imine (C=N–C) groups is 1. The van der Waals surface area contributed by atoms with Crippen LogP contribution in [0.2, 0.25) is 0 Å². The molecule has 1 fully saturated rings. The van der Waals surface area contributed by atoms with E-state index in [1.165, 1.54) is 0 Å². The zero-order valence-corrected chi connectivity index (χ0v) is 32.4. The molecule has 0 amide bonds. The van der Waals surface area contributed by atoms with Gasteiger partial charge in [0.25, 0.3) is 10.1 Å². The van der Waals surface area contributed by atoms with Crippen molar-refractivity contribution in [3.63, 3.8) is 0 Å². The highest BCUT2D eigenvalue weighted by atomic mass is 32.2. The van der Waals surface area contributed by atoms with Crippen LogP contribution in [0.25, 0.3) is 0 Å². The molecular weight excluding hydrogens is 731 g/mol. The van der Waals surface area contributed by atoms with Crippen molar-refractivity contribution in [2.75, 3.05) is 13.2 Å². The number of aromatic hydroxyl groups is 1. The smallest absolute Gasteiger partial charge is 0.268 e. The topological polar surface area (TPSA) is 198 Å². The highest BCUT2D eigenvalue weighted by Gasteiger charge is 2.49.